The normalized spacial score (nSPS) is 18.3. The molecule has 4 heterocycles. The number of piperidine rings is 1. The Kier molecular flexibility index (Phi) is 6.03. The molecule has 0 spiro atoms. The van der Waals surface area contributed by atoms with E-state index in [2.05, 4.69) is 20.3 Å². The Hall–Kier alpha value is -3.91. The molecule has 8 heteroatoms. The van der Waals surface area contributed by atoms with Crippen LogP contribution in [0.1, 0.15) is 69.5 Å². The number of pyridine rings is 1. The van der Waals surface area contributed by atoms with Crippen LogP contribution in [0.4, 0.5) is 5.82 Å². The van der Waals surface area contributed by atoms with Crippen LogP contribution in [-0.2, 0) is 0 Å². The van der Waals surface area contributed by atoms with E-state index in [-0.39, 0.29) is 17.6 Å². The van der Waals surface area contributed by atoms with Crippen LogP contribution in [-0.4, -0.2) is 55.8 Å². The van der Waals surface area contributed by atoms with Crippen LogP contribution in [0.2, 0.25) is 0 Å². The fourth-order valence-electron chi connectivity index (χ4n) is 5.02. The van der Waals surface area contributed by atoms with E-state index in [1.165, 1.54) is 0 Å². The minimum Gasteiger partial charge on any atom is -0.306 e. The van der Waals surface area contributed by atoms with Crippen LogP contribution in [0, 0.1) is 0 Å². The fraction of sp³-hybridized carbons (Fsp3) is 0.321. The zero-order valence-electron chi connectivity index (χ0n) is 20.0. The summed E-state index contributed by atoms with van der Waals surface area (Å²) >= 11 is 0. The van der Waals surface area contributed by atoms with Crippen molar-refractivity contribution in [2.24, 2.45) is 0 Å². The van der Waals surface area contributed by atoms with Gasteiger partial charge in [0.15, 0.2) is 11.4 Å². The molecule has 3 aromatic heterocycles. The molecule has 1 aliphatic carbocycles. The van der Waals surface area contributed by atoms with Crippen molar-refractivity contribution in [3.05, 3.63) is 89.5 Å². The average Bonchev–Trinajstić information content (AvgIpc) is 3.68. The maximum absolute atomic E-state index is 12.9. The highest BCUT2D eigenvalue weighted by atomic mass is 16.1. The first-order valence-corrected chi connectivity index (χ1v) is 12.6. The molecule has 1 saturated heterocycles. The molecule has 2 aliphatic rings. The summed E-state index contributed by atoms with van der Waals surface area (Å²) in [4.78, 5) is 37.1. The monoisotopic (exact) mass is 480 g/mol. The van der Waals surface area contributed by atoms with Crippen molar-refractivity contribution in [3.63, 3.8) is 0 Å². The van der Waals surface area contributed by atoms with Crippen molar-refractivity contribution < 1.29 is 9.59 Å². The van der Waals surface area contributed by atoms with E-state index >= 15 is 0 Å². The van der Waals surface area contributed by atoms with Crippen molar-refractivity contribution in [3.8, 4) is 0 Å². The van der Waals surface area contributed by atoms with Crippen molar-refractivity contribution in [2.45, 2.75) is 37.5 Å². The number of ketones is 1. The summed E-state index contributed by atoms with van der Waals surface area (Å²) in [7, 11) is 0. The van der Waals surface area contributed by atoms with Gasteiger partial charge in [-0.05, 0) is 50.3 Å². The van der Waals surface area contributed by atoms with Gasteiger partial charge in [0.1, 0.15) is 5.82 Å². The topological polar surface area (TPSA) is 92.5 Å². The minimum atomic E-state index is -0.233. The number of rotatable bonds is 7. The van der Waals surface area contributed by atoms with E-state index < -0.39 is 0 Å². The first-order valence-electron chi connectivity index (χ1n) is 12.6. The molecule has 2 fully saturated rings. The Labute approximate surface area is 209 Å². The number of amides is 1. The summed E-state index contributed by atoms with van der Waals surface area (Å²) in [5, 5.41) is 7.60. The van der Waals surface area contributed by atoms with E-state index in [0.29, 0.717) is 23.8 Å². The van der Waals surface area contributed by atoms with Crippen LogP contribution < -0.4 is 5.32 Å². The second kappa shape index (κ2) is 9.62. The number of aromatic nitrogens is 4. The van der Waals surface area contributed by atoms with Gasteiger partial charge in [-0.1, -0.05) is 30.3 Å². The number of nitrogens with one attached hydrogen (secondary N) is 1. The van der Waals surface area contributed by atoms with Crippen LogP contribution in [0.15, 0.2) is 67.1 Å². The predicted molar refractivity (Wildman–Crippen MR) is 136 cm³/mol. The molecule has 0 bridgehead atoms. The molecular weight excluding hydrogens is 452 g/mol. The van der Waals surface area contributed by atoms with Gasteiger partial charge in [0.25, 0.3) is 5.91 Å². The molecule has 1 aliphatic heterocycles. The zero-order chi connectivity index (χ0) is 24.5. The van der Waals surface area contributed by atoms with Crippen molar-refractivity contribution in [1.29, 1.82) is 0 Å². The lowest BCUT2D eigenvalue weighted by molar-refractivity contribution is 0.0905. The van der Waals surface area contributed by atoms with Gasteiger partial charge in [-0.2, -0.15) is 9.61 Å². The molecule has 1 unspecified atom stereocenters. The number of carbonyl (C=O) groups excluding carboxylic acids is 2. The third-order valence-corrected chi connectivity index (χ3v) is 7.09. The molecule has 4 aromatic rings. The van der Waals surface area contributed by atoms with E-state index in [0.717, 1.165) is 61.2 Å². The Balaban J connectivity index is 1.28. The van der Waals surface area contributed by atoms with Crippen LogP contribution in [0.3, 0.4) is 0 Å². The molecule has 0 radical (unpaired) electrons. The second-order valence-corrected chi connectivity index (χ2v) is 9.74. The standard InChI is InChI=1S/C28H28N6O2/c35-25(20-6-2-1-3-7-20)18-33-13-5-9-22(17-33)24-14-26(32-28(36)21-8-4-12-29-15-21)34-27(31-24)23(16-30-34)19-10-11-19/h1-4,6-8,12,14-16,19,22H,5,9-11,13,17-18H2,(H,32,36). The number of benzene rings is 1. The first kappa shape index (κ1) is 22.5. The van der Waals surface area contributed by atoms with Gasteiger partial charge in [0, 0.05) is 42.0 Å². The third-order valence-electron chi connectivity index (χ3n) is 7.09. The van der Waals surface area contributed by atoms with E-state index in [1.54, 1.807) is 29.0 Å². The molecule has 1 N–H and O–H groups in total. The number of hydrogen-bond donors (Lipinski definition) is 1. The summed E-state index contributed by atoms with van der Waals surface area (Å²) in [5.41, 5.74) is 4.12. The van der Waals surface area contributed by atoms with Gasteiger partial charge in [0.2, 0.25) is 0 Å². The van der Waals surface area contributed by atoms with Gasteiger partial charge < -0.3 is 5.32 Å². The van der Waals surface area contributed by atoms with Crippen LogP contribution in [0.5, 0.6) is 0 Å². The summed E-state index contributed by atoms with van der Waals surface area (Å²) in [6.45, 7) is 2.04. The molecular formula is C28H28N6O2. The van der Waals surface area contributed by atoms with Gasteiger partial charge in [-0.3, -0.25) is 19.5 Å². The molecule has 36 heavy (non-hydrogen) atoms. The van der Waals surface area contributed by atoms with Crippen LogP contribution in [0.25, 0.3) is 5.65 Å². The number of likely N-dealkylation sites (tertiary alicyclic amines) is 1. The predicted octanol–water partition coefficient (Wildman–Crippen LogP) is 4.32. The number of fused-ring (bicyclic) bond motifs is 1. The van der Waals surface area contributed by atoms with Crippen molar-refractivity contribution in [1.82, 2.24) is 24.5 Å². The van der Waals surface area contributed by atoms with Gasteiger partial charge in [-0.15, -0.1) is 0 Å². The maximum Gasteiger partial charge on any atom is 0.258 e. The first-order chi connectivity index (χ1) is 17.7. The Morgan fingerprint density at radius 1 is 0.972 bits per heavy atom. The quantitative estimate of drug-likeness (QED) is 0.396. The number of anilines is 1. The van der Waals surface area contributed by atoms with Gasteiger partial charge in [-0.25, -0.2) is 4.98 Å². The molecule has 1 aromatic carbocycles. The number of nitrogens with zero attached hydrogens (tertiary/aromatic N) is 5. The Bertz CT molecular complexity index is 1400. The van der Waals surface area contributed by atoms with Crippen LogP contribution >= 0.6 is 0 Å². The number of Topliss-reactive ketones (excluding diaryl/α,β-unsaturated/α-hetero) is 1. The molecule has 1 saturated carbocycles. The summed E-state index contributed by atoms with van der Waals surface area (Å²) < 4.78 is 1.74. The van der Waals surface area contributed by atoms with E-state index in [4.69, 9.17) is 4.98 Å². The lowest BCUT2D eigenvalue weighted by Gasteiger charge is -2.32. The molecule has 6 rings (SSSR count). The third kappa shape index (κ3) is 4.64. The lowest BCUT2D eigenvalue weighted by Crippen LogP contribution is -2.38. The Morgan fingerprint density at radius 3 is 2.58 bits per heavy atom. The van der Waals surface area contributed by atoms with E-state index in [1.807, 2.05) is 42.6 Å². The average molecular weight is 481 g/mol. The molecule has 182 valence electrons. The SMILES string of the molecule is O=C(CN1CCCC(c2cc(NC(=O)c3cccnc3)n3ncc(C4CC4)c3n2)C1)c1ccccc1. The second-order valence-electron chi connectivity index (χ2n) is 9.74. The molecule has 8 nitrogen and oxygen atoms in total. The zero-order valence-corrected chi connectivity index (χ0v) is 20.0. The van der Waals surface area contributed by atoms with Gasteiger partial charge >= 0.3 is 0 Å². The summed E-state index contributed by atoms with van der Waals surface area (Å²) in [6, 6.07) is 14.9. The van der Waals surface area contributed by atoms with Crippen molar-refractivity contribution >= 4 is 23.2 Å². The largest absolute Gasteiger partial charge is 0.306 e. The highest BCUT2D eigenvalue weighted by Gasteiger charge is 2.30. The molecule has 1 amide bonds. The summed E-state index contributed by atoms with van der Waals surface area (Å²) in [5.74, 6) is 1.16. The lowest BCUT2D eigenvalue weighted by atomic mass is 9.94. The van der Waals surface area contributed by atoms with E-state index in [9.17, 15) is 9.59 Å². The Morgan fingerprint density at radius 2 is 1.81 bits per heavy atom. The fourth-order valence-corrected chi connectivity index (χ4v) is 5.02. The smallest absolute Gasteiger partial charge is 0.258 e. The van der Waals surface area contributed by atoms with Gasteiger partial charge in [0.05, 0.1) is 24.0 Å². The number of carbonyl (C=O) groups is 2. The highest BCUT2D eigenvalue weighted by Crippen LogP contribution is 2.42. The maximum atomic E-state index is 12.9. The highest BCUT2D eigenvalue weighted by molar-refractivity contribution is 6.03. The summed E-state index contributed by atoms with van der Waals surface area (Å²) in [6.07, 6.45) is 9.35. The minimum absolute atomic E-state index is 0.135. The molecule has 1 atom stereocenters. The van der Waals surface area contributed by atoms with Crippen molar-refractivity contribution in [2.75, 3.05) is 25.0 Å². The number of hydrogen-bond acceptors (Lipinski definition) is 6.